The first-order valence-electron chi connectivity index (χ1n) is 11.2. The van der Waals surface area contributed by atoms with Gasteiger partial charge in [0.2, 0.25) is 11.8 Å². The Morgan fingerprint density at radius 3 is 2.36 bits per heavy atom. The molecule has 8 heteroatoms. The number of hydrogen-bond donors (Lipinski definition) is 2. The van der Waals surface area contributed by atoms with Gasteiger partial charge in [0.15, 0.2) is 5.16 Å². The van der Waals surface area contributed by atoms with Gasteiger partial charge in [-0.15, -0.1) is 10.2 Å². The van der Waals surface area contributed by atoms with Crippen LogP contribution in [0.3, 0.4) is 0 Å². The summed E-state index contributed by atoms with van der Waals surface area (Å²) >= 11 is 1.31. The normalized spacial score (nSPS) is 10.9. The molecule has 1 aromatic heterocycles. The van der Waals surface area contributed by atoms with Crippen LogP contribution in [0.15, 0.2) is 53.7 Å². The van der Waals surface area contributed by atoms with E-state index in [1.54, 1.807) is 0 Å². The Morgan fingerprint density at radius 2 is 1.70 bits per heavy atom. The molecule has 33 heavy (non-hydrogen) atoms. The maximum atomic E-state index is 12.6. The van der Waals surface area contributed by atoms with Crippen LogP contribution in [0.25, 0.3) is 0 Å². The highest BCUT2D eigenvalue weighted by molar-refractivity contribution is 7.99. The van der Waals surface area contributed by atoms with Crippen molar-refractivity contribution >= 4 is 35.0 Å². The van der Waals surface area contributed by atoms with E-state index in [1.807, 2.05) is 60.0 Å². The Balaban J connectivity index is 1.57. The molecular weight excluding hydrogens is 434 g/mol. The average Bonchev–Trinajstić information content (AvgIpc) is 3.19. The molecule has 0 spiro atoms. The van der Waals surface area contributed by atoms with Crippen LogP contribution in [0.1, 0.15) is 50.6 Å². The lowest BCUT2D eigenvalue weighted by atomic mass is 10.0. The van der Waals surface area contributed by atoms with Crippen LogP contribution in [-0.2, 0) is 29.0 Å². The number of nitrogens with zero attached hydrogens (tertiary/aromatic N) is 3. The predicted molar refractivity (Wildman–Crippen MR) is 134 cm³/mol. The van der Waals surface area contributed by atoms with Gasteiger partial charge in [0.1, 0.15) is 5.82 Å². The minimum Gasteiger partial charge on any atom is -0.325 e. The molecule has 0 aliphatic carbocycles. The third kappa shape index (κ3) is 6.68. The fourth-order valence-electron chi connectivity index (χ4n) is 3.44. The molecule has 0 bridgehead atoms. The van der Waals surface area contributed by atoms with Crippen molar-refractivity contribution in [1.82, 2.24) is 14.8 Å². The molecule has 3 aromatic rings. The summed E-state index contributed by atoms with van der Waals surface area (Å²) in [6, 6.07) is 15.7. The molecular formula is C25H31N5O2S. The second-order valence-corrected chi connectivity index (χ2v) is 8.93. The van der Waals surface area contributed by atoms with Crippen LogP contribution >= 0.6 is 11.8 Å². The van der Waals surface area contributed by atoms with Crippen LogP contribution in [-0.4, -0.2) is 32.3 Å². The van der Waals surface area contributed by atoms with E-state index in [-0.39, 0.29) is 24.0 Å². The minimum absolute atomic E-state index is 0.113. The van der Waals surface area contributed by atoms with Crippen molar-refractivity contribution in [2.24, 2.45) is 0 Å². The number of aromatic nitrogens is 3. The van der Waals surface area contributed by atoms with Crippen molar-refractivity contribution in [3.63, 3.8) is 0 Å². The number of anilines is 2. The number of amides is 2. The summed E-state index contributed by atoms with van der Waals surface area (Å²) in [6.45, 7) is 8.91. The molecule has 7 nitrogen and oxygen atoms in total. The second kappa shape index (κ2) is 11.7. The summed E-state index contributed by atoms with van der Waals surface area (Å²) in [5.74, 6) is 0.982. The fraction of sp³-hybridized carbons (Fsp3) is 0.360. The highest BCUT2D eigenvalue weighted by atomic mass is 32.2. The van der Waals surface area contributed by atoms with Gasteiger partial charge in [-0.05, 0) is 48.6 Å². The standard InChI is InChI=1S/C25H31N5O2S/c1-5-18-9-7-8-10-21(18)27-23(31)15-22-28-29-25(30(22)6-2)33-16-24(32)26-20-13-11-19(12-14-20)17(3)4/h7-14,17H,5-6,15-16H2,1-4H3,(H,26,32)(H,27,31). The number of carbonyl (C=O) groups is 2. The van der Waals surface area contributed by atoms with E-state index in [0.717, 1.165) is 23.4 Å². The Hall–Kier alpha value is -3.13. The molecule has 0 saturated carbocycles. The molecule has 0 atom stereocenters. The number of para-hydroxylation sites is 1. The summed E-state index contributed by atoms with van der Waals surface area (Å²) in [6.07, 6.45) is 0.958. The topological polar surface area (TPSA) is 88.9 Å². The first-order chi connectivity index (χ1) is 15.9. The number of benzene rings is 2. The lowest BCUT2D eigenvalue weighted by molar-refractivity contribution is -0.116. The maximum absolute atomic E-state index is 12.6. The van der Waals surface area contributed by atoms with E-state index in [0.29, 0.717) is 23.4 Å². The molecule has 0 radical (unpaired) electrons. The molecule has 0 unspecified atom stereocenters. The number of thioether (sulfide) groups is 1. The monoisotopic (exact) mass is 465 g/mol. The van der Waals surface area contributed by atoms with E-state index in [9.17, 15) is 9.59 Å². The number of hydrogen-bond acceptors (Lipinski definition) is 5. The van der Waals surface area contributed by atoms with Crippen molar-refractivity contribution in [2.45, 2.75) is 58.2 Å². The Labute approximate surface area is 199 Å². The second-order valence-electron chi connectivity index (χ2n) is 7.99. The highest BCUT2D eigenvalue weighted by Crippen LogP contribution is 2.21. The number of nitrogens with one attached hydrogen (secondary N) is 2. The number of rotatable bonds is 10. The molecule has 0 aliphatic heterocycles. The lowest BCUT2D eigenvalue weighted by Crippen LogP contribution is -2.18. The van der Waals surface area contributed by atoms with Gasteiger partial charge in [0.05, 0.1) is 12.2 Å². The van der Waals surface area contributed by atoms with Gasteiger partial charge in [-0.2, -0.15) is 0 Å². The van der Waals surface area contributed by atoms with Crippen LogP contribution in [0.4, 0.5) is 11.4 Å². The minimum atomic E-state index is -0.142. The highest BCUT2D eigenvalue weighted by Gasteiger charge is 2.16. The zero-order valence-corrected chi connectivity index (χ0v) is 20.4. The summed E-state index contributed by atoms with van der Waals surface area (Å²) < 4.78 is 1.88. The summed E-state index contributed by atoms with van der Waals surface area (Å²) in [5, 5.41) is 14.9. The van der Waals surface area contributed by atoms with E-state index in [1.165, 1.54) is 17.3 Å². The van der Waals surface area contributed by atoms with Crippen LogP contribution < -0.4 is 10.6 Å². The molecule has 2 aromatic carbocycles. The van der Waals surface area contributed by atoms with E-state index in [4.69, 9.17) is 0 Å². The van der Waals surface area contributed by atoms with Gasteiger partial charge in [-0.3, -0.25) is 9.59 Å². The third-order valence-corrected chi connectivity index (χ3v) is 6.26. The molecule has 0 saturated heterocycles. The molecule has 0 fully saturated rings. The van der Waals surface area contributed by atoms with Gasteiger partial charge in [-0.1, -0.05) is 62.9 Å². The fourth-order valence-corrected chi connectivity index (χ4v) is 4.26. The van der Waals surface area contributed by atoms with Crippen molar-refractivity contribution in [3.8, 4) is 0 Å². The SMILES string of the molecule is CCc1ccccc1NC(=O)Cc1nnc(SCC(=O)Nc2ccc(C(C)C)cc2)n1CC. The average molecular weight is 466 g/mol. The van der Waals surface area contributed by atoms with E-state index < -0.39 is 0 Å². The summed E-state index contributed by atoms with van der Waals surface area (Å²) in [7, 11) is 0. The summed E-state index contributed by atoms with van der Waals surface area (Å²) in [5.41, 5.74) is 3.91. The molecule has 2 amide bonds. The Kier molecular flexibility index (Phi) is 8.65. The van der Waals surface area contributed by atoms with E-state index >= 15 is 0 Å². The van der Waals surface area contributed by atoms with Gasteiger partial charge < -0.3 is 15.2 Å². The first-order valence-corrected chi connectivity index (χ1v) is 12.2. The summed E-state index contributed by atoms with van der Waals surface area (Å²) in [4.78, 5) is 25.0. The zero-order valence-electron chi connectivity index (χ0n) is 19.6. The molecule has 2 N–H and O–H groups in total. The lowest BCUT2D eigenvalue weighted by Gasteiger charge is -2.11. The third-order valence-electron chi connectivity index (χ3n) is 5.29. The molecule has 0 aliphatic rings. The largest absolute Gasteiger partial charge is 0.325 e. The van der Waals surface area contributed by atoms with Crippen molar-refractivity contribution in [1.29, 1.82) is 0 Å². The molecule has 1 heterocycles. The number of aryl methyl sites for hydroxylation is 1. The van der Waals surface area contributed by atoms with Crippen molar-refractivity contribution in [2.75, 3.05) is 16.4 Å². The zero-order chi connectivity index (χ0) is 23.8. The van der Waals surface area contributed by atoms with Gasteiger partial charge in [0, 0.05) is 17.9 Å². The smallest absolute Gasteiger partial charge is 0.234 e. The van der Waals surface area contributed by atoms with Crippen molar-refractivity contribution in [3.05, 3.63) is 65.5 Å². The quantitative estimate of drug-likeness (QED) is 0.416. The van der Waals surface area contributed by atoms with Gasteiger partial charge in [0.25, 0.3) is 0 Å². The van der Waals surface area contributed by atoms with Crippen molar-refractivity contribution < 1.29 is 9.59 Å². The predicted octanol–water partition coefficient (Wildman–Crippen LogP) is 4.90. The maximum Gasteiger partial charge on any atom is 0.234 e. The molecule has 174 valence electrons. The van der Waals surface area contributed by atoms with Crippen LogP contribution in [0, 0.1) is 0 Å². The Morgan fingerprint density at radius 1 is 0.970 bits per heavy atom. The number of carbonyl (C=O) groups excluding carboxylic acids is 2. The van der Waals surface area contributed by atoms with Gasteiger partial charge in [-0.25, -0.2) is 0 Å². The Bertz CT molecular complexity index is 1090. The molecule has 3 rings (SSSR count). The van der Waals surface area contributed by atoms with Crippen LogP contribution in [0.2, 0.25) is 0 Å². The first kappa shape index (κ1) is 24.5. The van der Waals surface area contributed by atoms with Crippen LogP contribution in [0.5, 0.6) is 0 Å². The van der Waals surface area contributed by atoms with Gasteiger partial charge >= 0.3 is 0 Å². The van der Waals surface area contributed by atoms with E-state index in [2.05, 4.69) is 41.6 Å².